The fourth-order valence-electron chi connectivity index (χ4n) is 1.17. The van der Waals surface area contributed by atoms with Gasteiger partial charge in [-0.2, -0.15) is 0 Å². The maximum atomic E-state index is 10.9. The molecule has 2 nitrogen and oxygen atoms in total. The standard InChI is InChI=1S/C11H20O2/c1-5-6-7-11(4,13)8-9(2)10(3)12/h8,13H,5-7H2,1-4H3. The van der Waals surface area contributed by atoms with Gasteiger partial charge >= 0.3 is 0 Å². The lowest BCUT2D eigenvalue weighted by Gasteiger charge is -2.19. The molecule has 0 aromatic heterocycles. The minimum absolute atomic E-state index is 0.0248. The van der Waals surface area contributed by atoms with E-state index in [1.54, 1.807) is 19.9 Å². The van der Waals surface area contributed by atoms with Crippen LogP contribution >= 0.6 is 0 Å². The topological polar surface area (TPSA) is 37.3 Å². The molecule has 1 N–H and O–H groups in total. The average molecular weight is 184 g/mol. The number of ketones is 1. The third-order valence-electron chi connectivity index (χ3n) is 2.12. The van der Waals surface area contributed by atoms with Gasteiger partial charge in [0.1, 0.15) is 0 Å². The van der Waals surface area contributed by atoms with Gasteiger partial charge in [-0.1, -0.05) is 19.8 Å². The number of unbranched alkanes of at least 4 members (excludes halogenated alkanes) is 1. The van der Waals surface area contributed by atoms with E-state index in [-0.39, 0.29) is 5.78 Å². The summed E-state index contributed by atoms with van der Waals surface area (Å²) in [6, 6.07) is 0. The van der Waals surface area contributed by atoms with Crippen LogP contribution in [0.4, 0.5) is 0 Å². The Kier molecular flexibility index (Phi) is 4.92. The van der Waals surface area contributed by atoms with Crippen molar-refractivity contribution in [3.05, 3.63) is 11.6 Å². The van der Waals surface area contributed by atoms with Gasteiger partial charge < -0.3 is 5.11 Å². The van der Waals surface area contributed by atoms with E-state index in [1.165, 1.54) is 6.92 Å². The number of carbonyl (C=O) groups is 1. The van der Waals surface area contributed by atoms with Crippen molar-refractivity contribution in [2.24, 2.45) is 0 Å². The molecule has 0 amide bonds. The first kappa shape index (κ1) is 12.4. The van der Waals surface area contributed by atoms with Gasteiger partial charge in [-0.3, -0.25) is 4.79 Å². The summed E-state index contributed by atoms with van der Waals surface area (Å²) in [5.74, 6) is 0.0248. The van der Waals surface area contributed by atoms with Gasteiger partial charge in [0.25, 0.3) is 0 Å². The first-order chi connectivity index (χ1) is 5.89. The Bertz CT molecular complexity index is 202. The van der Waals surface area contributed by atoms with Crippen molar-refractivity contribution in [2.45, 2.75) is 52.6 Å². The molecule has 0 saturated carbocycles. The number of aliphatic hydroxyl groups is 1. The highest BCUT2D eigenvalue weighted by Gasteiger charge is 2.16. The molecular weight excluding hydrogens is 164 g/mol. The molecule has 0 fully saturated rings. The molecule has 0 heterocycles. The first-order valence-electron chi connectivity index (χ1n) is 4.82. The third-order valence-corrected chi connectivity index (χ3v) is 2.12. The van der Waals surface area contributed by atoms with Gasteiger partial charge in [0.15, 0.2) is 5.78 Å². The van der Waals surface area contributed by atoms with Gasteiger partial charge in [0.2, 0.25) is 0 Å². The number of hydrogen-bond acceptors (Lipinski definition) is 2. The summed E-state index contributed by atoms with van der Waals surface area (Å²) in [4.78, 5) is 10.9. The third kappa shape index (κ3) is 5.58. The smallest absolute Gasteiger partial charge is 0.155 e. The van der Waals surface area contributed by atoms with Crippen molar-refractivity contribution in [1.82, 2.24) is 0 Å². The van der Waals surface area contributed by atoms with Crippen LogP contribution in [0.3, 0.4) is 0 Å². The van der Waals surface area contributed by atoms with E-state index in [0.717, 1.165) is 12.8 Å². The minimum Gasteiger partial charge on any atom is -0.386 e. The van der Waals surface area contributed by atoms with Crippen LogP contribution in [-0.4, -0.2) is 16.5 Å². The molecule has 0 aliphatic rings. The Labute approximate surface area is 80.7 Å². The van der Waals surface area contributed by atoms with Gasteiger partial charge in [0, 0.05) is 0 Å². The van der Waals surface area contributed by atoms with Gasteiger partial charge in [-0.15, -0.1) is 0 Å². The van der Waals surface area contributed by atoms with Crippen LogP contribution in [0.2, 0.25) is 0 Å². The molecule has 0 aliphatic carbocycles. The van der Waals surface area contributed by atoms with Crippen LogP contribution in [-0.2, 0) is 4.79 Å². The van der Waals surface area contributed by atoms with E-state index >= 15 is 0 Å². The summed E-state index contributed by atoms with van der Waals surface area (Å²) >= 11 is 0. The van der Waals surface area contributed by atoms with Crippen molar-refractivity contribution in [1.29, 1.82) is 0 Å². The van der Waals surface area contributed by atoms with E-state index in [0.29, 0.717) is 12.0 Å². The molecule has 0 aromatic rings. The Balaban J connectivity index is 4.29. The first-order valence-corrected chi connectivity index (χ1v) is 4.82. The van der Waals surface area contributed by atoms with Gasteiger partial charge in [-0.05, 0) is 38.8 Å². The number of Topliss-reactive ketones (excluding diaryl/α,β-unsaturated/α-hetero) is 1. The molecular formula is C11H20O2. The molecule has 76 valence electrons. The van der Waals surface area contributed by atoms with Crippen LogP contribution in [0.5, 0.6) is 0 Å². The van der Waals surface area contributed by atoms with Crippen molar-refractivity contribution in [2.75, 3.05) is 0 Å². The molecule has 1 unspecified atom stereocenters. The van der Waals surface area contributed by atoms with Gasteiger partial charge in [0.05, 0.1) is 5.60 Å². The highest BCUT2D eigenvalue weighted by Crippen LogP contribution is 2.17. The van der Waals surface area contributed by atoms with Gasteiger partial charge in [-0.25, -0.2) is 0 Å². The molecule has 0 bridgehead atoms. The molecule has 0 spiro atoms. The predicted molar refractivity (Wildman–Crippen MR) is 54.6 cm³/mol. The summed E-state index contributed by atoms with van der Waals surface area (Å²) in [7, 11) is 0. The molecule has 1 atom stereocenters. The lowest BCUT2D eigenvalue weighted by atomic mass is 9.96. The second-order valence-corrected chi connectivity index (χ2v) is 3.84. The van der Waals surface area contributed by atoms with Crippen molar-refractivity contribution < 1.29 is 9.90 Å². The Morgan fingerprint density at radius 1 is 1.46 bits per heavy atom. The molecule has 0 rings (SSSR count). The zero-order valence-electron chi connectivity index (χ0n) is 9.05. The summed E-state index contributed by atoms with van der Waals surface area (Å²) < 4.78 is 0. The summed E-state index contributed by atoms with van der Waals surface area (Å²) in [5, 5.41) is 9.84. The van der Waals surface area contributed by atoms with E-state index in [2.05, 4.69) is 6.92 Å². The molecule has 0 saturated heterocycles. The number of allylic oxidation sites excluding steroid dienone is 1. The molecule has 0 aromatic carbocycles. The average Bonchev–Trinajstić information content (AvgIpc) is 2.00. The highest BCUT2D eigenvalue weighted by atomic mass is 16.3. The number of hydrogen-bond donors (Lipinski definition) is 1. The fraction of sp³-hybridized carbons (Fsp3) is 0.727. The number of carbonyl (C=O) groups excluding carboxylic acids is 1. The van der Waals surface area contributed by atoms with Crippen LogP contribution in [0.1, 0.15) is 47.0 Å². The van der Waals surface area contributed by atoms with Crippen LogP contribution in [0, 0.1) is 0 Å². The molecule has 0 radical (unpaired) electrons. The Morgan fingerprint density at radius 2 is 2.00 bits per heavy atom. The lowest BCUT2D eigenvalue weighted by molar-refractivity contribution is -0.113. The summed E-state index contributed by atoms with van der Waals surface area (Å²) in [6.07, 6.45) is 4.41. The fourth-order valence-corrected chi connectivity index (χ4v) is 1.17. The van der Waals surface area contributed by atoms with Crippen LogP contribution < -0.4 is 0 Å². The summed E-state index contributed by atoms with van der Waals surface area (Å²) in [5.41, 5.74) is -0.188. The van der Waals surface area contributed by atoms with E-state index in [1.807, 2.05) is 0 Å². The SMILES string of the molecule is CCCCC(C)(O)C=C(C)C(C)=O. The normalized spacial score (nSPS) is 16.8. The second-order valence-electron chi connectivity index (χ2n) is 3.84. The van der Waals surface area contributed by atoms with E-state index in [4.69, 9.17) is 0 Å². The molecule has 13 heavy (non-hydrogen) atoms. The lowest BCUT2D eigenvalue weighted by Crippen LogP contribution is -2.21. The highest BCUT2D eigenvalue weighted by molar-refractivity contribution is 5.92. The maximum Gasteiger partial charge on any atom is 0.155 e. The van der Waals surface area contributed by atoms with Crippen molar-refractivity contribution in [3.63, 3.8) is 0 Å². The number of rotatable bonds is 5. The Hall–Kier alpha value is -0.630. The van der Waals surface area contributed by atoms with Crippen molar-refractivity contribution in [3.8, 4) is 0 Å². The maximum absolute atomic E-state index is 10.9. The Morgan fingerprint density at radius 3 is 2.38 bits per heavy atom. The largest absolute Gasteiger partial charge is 0.386 e. The molecule has 2 heteroatoms. The van der Waals surface area contributed by atoms with Crippen LogP contribution in [0.15, 0.2) is 11.6 Å². The minimum atomic E-state index is -0.828. The monoisotopic (exact) mass is 184 g/mol. The summed E-state index contributed by atoms with van der Waals surface area (Å²) in [6.45, 7) is 7.08. The zero-order valence-corrected chi connectivity index (χ0v) is 9.05. The molecule has 0 aliphatic heterocycles. The van der Waals surface area contributed by atoms with E-state index in [9.17, 15) is 9.90 Å². The zero-order chi connectivity index (χ0) is 10.5. The van der Waals surface area contributed by atoms with E-state index < -0.39 is 5.60 Å². The predicted octanol–water partition coefficient (Wildman–Crippen LogP) is 2.46. The van der Waals surface area contributed by atoms with Crippen molar-refractivity contribution >= 4 is 5.78 Å². The second kappa shape index (κ2) is 5.18. The van der Waals surface area contributed by atoms with Crippen LogP contribution in [0.25, 0.3) is 0 Å². The quantitative estimate of drug-likeness (QED) is 0.666.